The van der Waals surface area contributed by atoms with Crippen LogP contribution in [0.5, 0.6) is 0 Å². The van der Waals surface area contributed by atoms with Crippen molar-refractivity contribution in [2.24, 2.45) is 0 Å². The number of rotatable bonds is 4. The van der Waals surface area contributed by atoms with Gasteiger partial charge in [-0.2, -0.15) is 0 Å². The zero-order valence-corrected chi connectivity index (χ0v) is 10.8. The van der Waals surface area contributed by atoms with Gasteiger partial charge in [-0.05, 0) is 24.1 Å². The molecule has 19 heavy (non-hydrogen) atoms. The van der Waals surface area contributed by atoms with E-state index >= 15 is 0 Å². The van der Waals surface area contributed by atoms with Crippen LogP contribution in [0.2, 0.25) is 0 Å². The first-order valence-corrected chi connectivity index (χ1v) is 6.32. The van der Waals surface area contributed by atoms with Gasteiger partial charge in [-0.3, -0.25) is 4.79 Å². The molecule has 0 saturated carbocycles. The first-order chi connectivity index (χ1) is 9.23. The van der Waals surface area contributed by atoms with Gasteiger partial charge < -0.3 is 14.5 Å². The largest absolute Gasteiger partial charge is 0.469 e. The zero-order chi connectivity index (χ0) is 13.3. The third kappa shape index (κ3) is 2.10. The molecule has 1 N–H and O–H groups in total. The molecule has 1 aromatic heterocycles. The third-order valence-electron chi connectivity index (χ3n) is 3.82. The van der Waals surface area contributed by atoms with Crippen molar-refractivity contribution in [1.82, 2.24) is 9.97 Å². The normalized spacial score (nSPS) is 17.1. The molecular formula is C14H16N2O3. The van der Waals surface area contributed by atoms with Gasteiger partial charge in [0.25, 0.3) is 0 Å². The van der Waals surface area contributed by atoms with E-state index in [1.807, 2.05) is 6.07 Å². The van der Waals surface area contributed by atoms with E-state index in [2.05, 4.69) is 22.1 Å². The van der Waals surface area contributed by atoms with E-state index in [-0.39, 0.29) is 11.4 Å². The highest BCUT2D eigenvalue weighted by atomic mass is 16.5. The van der Waals surface area contributed by atoms with Gasteiger partial charge in [0.15, 0.2) is 0 Å². The van der Waals surface area contributed by atoms with Crippen LogP contribution in [0, 0.1) is 0 Å². The van der Waals surface area contributed by atoms with Crippen molar-refractivity contribution in [1.29, 1.82) is 0 Å². The van der Waals surface area contributed by atoms with Crippen molar-refractivity contribution in [2.45, 2.75) is 18.3 Å². The number of hydrogen-bond donors (Lipinski definition) is 1. The number of fused-ring (bicyclic) bond motifs is 1. The topological polar surface area (TPSA) is 64.2 Å². The van der Waals surface area contributed by atoms with Crippen LogP contribution in [0.3, 0.4) is 0 Å². The van der Waals surface area contributed by atoms with E-state index in [1.54, 1.807) is 6.33 Å². The summed E-state index contributed by atoms with van der Waals surface area (Å²) in [5.41, 5.74) is 3.10. The number of esters is 1. The average Bonchev–Trinajstić information content (AvgIpc) is 2.84. The Morgan fingerprint density at radius 3 is 3.05 bits per heavy atom. The molecule has 1 fully saturated rings. The smallest absolute Gasteiger partial charge is 0.305 e. The fourth-order valence-corrected chi connectivity index (χ4v) is 2.51. The van der Waals surface area contributed by atoms with Gasteiger partial charge in [0, 0.05) is 11.8 Å². The van der Waals surface area contributed by atoms with Crippen molar-refractivity contribution in [3.8, 4) is 0 Å². The second-order valence-electron chi connectivity index (χ2n) is 4.98. The Bertz CT molecular complexity index is 602. The number of hydrogen-bond acceptors (Lipinski definition) is 4. The van der Waals surface area contributed by atoms with E-state index in [9.17, 15) is 4.79 Å². The van der Waals surface area contributed by atoms with E-state index in [0.717, 1.165) is 17.5 Å². The molecule has 0 unspecified atom stereocenters. The molecule has 0 radical (unpaired) electrons. The van der Waals surface area contributed by atoms with Gasteiger partial charge in [0.05, 0.1) is 37.7 Å². The average molecular weight is 260 g/mol. The van der Waals surface area contributed by atoms with Gasteiger partial charge in [-0.15, -0.1) is 0 Å². The highest BCUT2D eigenvalue weighted by Crippen LogP contribution is 2.37. The minimum atomic E-state index is -0.172. The molecule has 2 heterocycles. The Morgan fingerprint density at radius 2 is 2.37 bits per heavy atom. The Kier molecular flexibility index (Phi) is 2.98. The summed E-state index contributed by atoms with van der Waals surface area (Å²) >= 11 is 0. The summed E-state index contributed by atoms with van der Waals surface area (Å²) in [5, 5.41) is 0. The number of nitrogens with one attached hydrogen (secondary N) is 1. The van der Waals surface area contributed by atoms with Gasteiger partial charge in [-0.1, -0.05) is 6.07 Å². The molecular weight excluding hydrogens is 244 g/mol. The maximum absolute atomic E-state index is 11.3. The van der Waals surface area contributed by atoms with Crippen LogP contribution in [-0.4, -0.2) is 36.3 Å². The van der Waals surface area contributed by atoms with E-state index in [4.69, 9.17) is 9.47 Å². The van der Waals surface area contributed by atoms with Crippen LogP contribution in [0.15, 0.2) is 24.5 Å². The standard InChI is InChI=1S/C14H16N2O3/c1-18-13(17)4-5-14(7-19-8-14)10-2-3-11-12(6-10)16-9-15-11/h2-3,6,9H,4-5,7-8H2,1H3,(H,15,16). The molecule has 2 aromatic rings. The first kappa shape index (κ1) is 12.2. The SMILES string of the molecule is COC(=O)CCC1(c2ccc3nc[nH]c3c2)COC1. The molecule has 1 saturated heterocycles. The van der Waals surface area contributed by atoms with Gasteiger partial charge >= 0.3 is 5.97 Å². The second kappa shape index (κ2) is 4.66. The van der Waals surface area contributed by atoms with Crippen molar-refractivity contribution >= 4 is 17.0 Å². The molecule has 1 aromatic carbocycles. The van der Waals surface area contributed by atoms with E-state index in [1.165, 1.54) is 12.7 Å². The van der Waals surface area contributed by atoms with Gasteiger partial charge in [0.2, 0.25) is 0 Å². The van der Waals surface area contributed by atoms with E-state index in [0.29, 0.717) is 19.6 Å². The van der Waals surface area contributed by atoms with Crippen LogP contribution in [0.25, 0.3) is 11.0 Å². The van der Waals surface area contributed by atoms with Crippen molar-refractivity contribution in [3.63, 3.8) is 0 Å². The maximum Gasteiger partial charge on any atom is 0.305 e. The lowest BCUT2D eigenvalue weighted by Gasteiger charge is -2.42. The van der Waals surface area contributed by atoms with Gasteiger partial charge in [0.1, 0.15) is 0 Å². The Hall–Kier alpha value is -1.88. The van der Waals surface area contributed by atoms with Crippen molar-refractivity contribution in [3.05, 3.63) is 30.1 Å². The van der Waals surface area contributed by atoms with Crippen LogP contribution >= 0.6 is 0 Å². The first-order valence-electron chi connectivity index (χ1n) is 6.32. The number of methoxy groups -OCH3 is 1. The third-order valence-corrected chi connectivity index (χ3v) is 3.82. The number of carbonyl (C=O) groups excluding carboxylic acids is 1. The van der Waals surface area contributed by atoms with Crippen molar-refractivity contribution in [2.75, 3.05) is 20.3 Å². The van der Waals surface area contributed by atoms with Crippen LogP contribution < -0.4 is 0 Å². The highest BCUT2D eigenvalue weighted by Gasteiger charge is 2.40. The van der Waals surface area contributed by atoms with Crippen LogP contribution in [-0.2, 0) is 19.7 Å². The summed E-state index contributed by atoms with van der Waals surface area (Å²) in [6.45, 7) is 1.31. The maximum atomic E-state index is 11.3. The predicted molar refractivity (Wildman–Crippen MR) is 69.8 cm³/mol. The lowest BCUT2D eigenvalue weighted by molar-refractivity contribution is -0.142. The lowest BCUT2D eigenvalue weighted by Crippen LogP contribution is -2.47. The molecule has 100 valence electrons. The summed E-state index contributed by atoms with van der Waals surface area (Å²) in [7, 11) is 1.42. The summed E-state index contributed by atoms with van der Waals surface area (Å²) in [6.07, 6.45) is 2.85. The summed E-state index contributed by atoms with van der Waals surface area (Å²) < 4.78 is 10.1. The van der Waals surface area contributed by atoms with Gasteiger partial charge in [-0.25, -0.2) is 4.98 Å². The molecule has 5 nitrogen and oxygen atoms in total. The Morgan fingerprint density at radius 1 is 1.53 bits per heavy atom. The summed E-state index contributed by atoms with van der Waals surface area (Å²) in [5.74, 6) is -0.172. The van der Waals surface area contributed by atoms with Crippen LogP contribution in [0.1, 0.15) is 18.4 Å². The number of nitrogens with zero attached hydrogens (tertiary/aromatic N) is 1. The number of H-pyrrole nitrogens is 1. The summed E-state index contributed by atoms with van der Waals surface area (Å²) in [4.78, 5) is 18.6. The fourth-order valence-electron chi connectivity index (χ4n) is 2.51. The Balaban J connectivity index is 1.85. The lowest BCUT2D eigenvalue weighted by atomic mass is 9.75. The molecule has 0 bridgehead atoms. The number of aromatic amines is 1. The molecule has 5 heteroatoms. The molecule has 0 aliphatic carbocycles. The minimum Gasteiger partial charge on any atom is -0.469 e. The second-order valence-corrected chi connectivity index (χ2v) is 4.98. The van der Waals surface area contributed by atoms with Crippen LogP contribution in [0.4, 0.5) is 0 Å². The zero-order valence-electron chi connectivity index (χ0n) is 10.8. The quantitative estimate of drug-likeness (QED) is 0.851. The number of benzene rings is 1. The fraction of sp³-hybridized carbons (Fsp3) is 0.429. The summed E-state index contributed by atoms with van der Waals surface area (Å²) in [6, 6.07) is 6.17. The van der Waals surface area contributed by atoms with Crippen molar-refractivity contribution < 1.29 is 14.3 Å². The Labute approximate surface area is 110 Å². The molecule has 3 rings (SSSR count). The number of carbonyl (C=O) groups is 1. The monoisotopic (exact) mass is 260 g/mol. The highest BCUT2D eigenvalue weighted by molar-refractivity contribution is 5.75. The molecule has 0 atom stereocenters. The number of ether oxygens (including phenoxy) is 2. The molecule has 1 aliphatic heterocycles. The number of aromatic nitrogens is 2. The van der Waals surface area contributed by atoms with E-state index < -0.39 is 0 Å². The number of imidazole rings is 1. The minimum absolute atomic E-state index is 0.0620. The molecule has 1 aliphatic rings. The molecule has 0 spiro atoms. The predicted octanol–water partition coefficient (Wildman–Crippen LogP) is 1.78. The molecule has 0 amide bonds.